The first-order chi connectivity index (χ1) is 10.2. The molecular weight excluding hydrogens is 260 g/mol. The van der Waals surface area contributed by atoms with Gasteiger partial charge in [0.15, 0.2) is 0 Å². The molecule has 3 nitrogen and oxygen atoms in total. The molecule has 1 heterocycles. The van der Waals surface area contributed by atoms with Crippen LogP contribution in [0.1, 0.15) is 32.3 Å². The second-order valence-corrected chi connectivity index (χ2v) is 6.49. The lowest BCUT2D eigenvalue weighted by Crippen LogP contribution is -2.16. The van der Waals surface area contributed by atoms with Gasteiger partial charge in [-0.3, -0.25) is 0 Å². The number of hydrogen-bond acceptors (Lipinski definition) is 2. The third-order valence-corrected chi connectivity index (χ3v) is 3.96. The van der Waals surface area contributed by atoms with Crippen molar-refractivity contribution in [2.24, 2.45) is 5.92 Å². The Bertz CT molecular complexity index is 584. The molecule has 21 heavy (non-hydrogen) atoms. The van der Waals surface area contributed by atoms with Crippen molar-refractivity contribution in [2.45, 2.75) is 45.8 Å². The summed E-state index contributed by atoms with van der Waals surface area (Å²) in [6.45, 7) is 7.90. The van der Waals surface area contributed by atoms with Crippen LogP contribution in [0.3, 0.4) is 0 Å². The monoisotopic (exact) mass is 286 g/mol. The summed E-state index contributed by atoms with van der Waals surface area (Å²) < 4.78 is 8.06. The van der Waals surface area contributed by atoms with Crippen molar-refractivity contribution in [1.82, 2.24) is 9.88 Å². The van der Waals surface area contributed by atoms with Crippen molar-refractivity contribution in [3.63, 3.8) is 0 Å². The van der Waals surface area contributed by atoms with Gasteiger partial charge in [-0.25, -0.2) is 0 Å². The van der Waals surface area contributed by atoms with E-state index in [4.69, 9.17) is 4.74 Å². The van der Waals surface area contributed by atoms with Crippen LogP contribution in [0.4, 0.5) is 0 Å². The number of aromatic nitrogens is 1. The molecule has 0 saturated heterocycles. The zero-order chi connectivity index (χ0) is 14.7. The summed E-state index contributed by atoms with van der Waals surface area (Å²) >= 11 is 0. The molecule has 1 aromatic carbocycles. The molecule has 0 amide bonds. The molecule has 2 aromatic rings. The number of nitrogens with zero attached hydrogens (tertiary/aromatic N) is 1. The second kappa shape index (κ2) is 6.63. The summed E-state index contributed by atoms with van der Waals surface area (Å²) in [6, 6.07) is 9.55. The van der Waals surface area contributed by atoms with E-state index in [9.17, 15) is 0 Å². The lowest BCUT2D eigenvalue weighted by atomic mass is 10.1. The third-order valence-electron chi connectivity index (χ3n) is 3.96. The fourth-order valence-electron chi connectivity index (χ4n) is 2.69. The average Bonchev–Trinajstić information content (AvgIpc) is 3.21. The highest BCUT2D eigenvalue weighted by Gasteiger charge is 2.20. The van der Waals surface area contributed by atoms with Crippen molar-refractivity contribution in [1.29, 1.82) is 0 Å². The van der Waals surface area contributed by atoms with Gasteiger partial charge in [-0.2, -0.15) is 0 Å². The molecule has 0 radical (unpaired) electrons. The van der Waals surface area contributed by atoms with Crippen molar-refractivity contribution in [3.8, 4) is 0 Å². The maximum Gasteiger partial charge on any atom is 0.0645 e. The Labute approximate surface area is 127 Å². The van der Waals surface area contributed by atoms with Gasteiger partial charge in [-0.1, -0.05) is 32.0 Å². The van der Waals surface area contributed by atoms with Gasteiger partial charge < -0.3 is 14.6 Å². The van der Waals surface area contributed by atoms with Crippen LogP contribution >= 0.6 is 0 Å². The highest BCUT2D eigenvalue weighted by molar-refractivity contribution is 5.83. The van der Waals surface area contributed by atoms with Gasteiger partial charge in [0.25, 0.3) is 0 Å². The number of benzene rings is 1. The van der Waals surface area contributed by atoms with Gasteiger partial charge in [0.1, 0.15) is 0 Å². The van der Waals surface area contributed by atoms with Crippen molar-refractivity contribution in [3.05, 3.63) is 36.0 Å². The van der Waals surface area contributed by atoms with E-state index in [1.807, 2.05) is 0 Å². The van der Waals surface area contributed by atoms with Crippen LogP contribution in [0.15, 0.2) is 30.5 Å². The molecule has 0 spiro atoms. The van der Waals surface area contributed by atoms with E-state index in [2.05, 4.69) is 54.2 Å². The minimum atomic E-state index is 0.602. The van der Waals surface area contributed by atoms with Crippen LogP contribution < -0.4 is 5.32 Å². The number of hydrogen-bond donors (Lipinski definition) is 1. The molecule has 0 bridgehead atoms. The van der Waals surface area contributed by atoms with Crippen LogP contribution in [-0.2, 0) is 17.8 Å². The van der Waals surface area contributed by atoms with E-state index in [1.54, 1.807) is 0 Å². The molecule has 3 rings (SSSR count). The Balaban J connectivity index is 1.68. The van der Waals surface area contributed by atoms with E-state index >= 15 is 0 Å². The fraction of sp³-hybridized carbons (Fsp3) is 0.556. The smallest absolute Gasteiger partial charge is 0.0645 e. The normalized spacial score (nSPS) is 15.2. The summed E-state index contributed by atoms with van der Waals surface area (Å²) in [5, 5.41) is 4.95. The van der Waals surface area contributed by atoms with Crippen molar-refractivity contribution in [2.75, 3.05) is 13.2 Å². The maximum atomic E-state index is 5.73. The number of nitrogens with one attached hydrogen (secondary N) is 1. The Hall–Kier alpha value is -1.32. The lowest BCUT2D eigenvalue weighted by molar-refractivity contribution is 0.104. The van der Waals surface area contributed by atoms with Gasteiger partial charge in [-0.05, 0) is 35.8 Å². The summed E-state index contributed by atoms with van der Waals surface area (Å²) in [7, 11) is 0. The molecule has 1 aliphatic rings. The molecule has 3 heteroatoms. The third kappa shape index (κ3) is 3.86. The van der Waals surface area contributed by atoms with E-state index in [1.165, 1.54) is 29.3 Å². The van der Waals surface area contributed by atoms with Crippen LogP contribution in [0.5, 0.6) is 0 Å². The van der Waals surface area contributed by atoms with Crippen LogP contribution in [0.25, 0.3) is 10.9 Å². The molecule has 1 N–H and O–H groups in total. The topological polar surface area (TPSA) is 26.2 Å². The quantitative estimate of drug-likeness (QED) is 0.751. The fourth-order valence-corrected chi connectivity index (χ4v) is 2.69. The lowest BCUT2D eigenvalue weighted by Gasteiger charge is -2.12. The molecule has 114 valence electrons. The first kappa shape index (κ1) is 14.6. The van der Waals surface area contributed by atoms with E-state index < -0.39 is 0 Å². The van der Waals surface area contributed by atoms with Gasteiger partial charge in [0, 0.05) is 31.9 Å². The Morgan fingerprint density at radius 3 is 2.90 bits per heavy atom. The zero-order valence-electron chi connectivity index (χ0n) is 13.1. The maximum absolute atomic E-state index is 5.73. The summed E-state index contributed by atoms with van der Waals surface area (Å²) in [5.74, 6) is 0.602. The zero-order valence-corrected chi connectivity index (χ0v) is 13.1. The Morgan fingerprint density at radius 2 is 2.14 bits per heavy atom. The molecule has 1 fully saturated rings. The standard InChI is InChI=1S/C18H26N2O/c1-14(2)13-21-11-10-20-9-8-15-4-3-5-16(18(15)20)12-19-17-6-7-17/h3-5,8-9,14,17,19H,6-7,10-13H2,1-2H3. The molecular formula is C18H26N2O. The largest absolute Gasteiger partial charge is 0.379 e. The number of rotatable bonds is 8. The second-order valence-electron chi connectivity index (χ2n) is 6.49. The highest BCUT2D eigenvalue weighted by atomic mass is 16.5. The predicted molar refractivity (Wildman–Crippen MR) is 87.5 cm³/mol. The predicted octanol–water partition coefficient (Wildman–Crippen LogP) is 3.57. The Kier molecular flexibility index (Phi) is 4.61. The van der Waals surface area contributed by atoms with Gasteiger partial charge in [0.05, 0.1) is 12.1 Å². The SMILES string of the molecule is CC(C)COCCn1ccc2cccc(CNC3CC3)c21. The van der Waals surface area contributed by atoms with E-state index in [0.29, 0.717) is 5.92 Å². The van der Waals surface area contributed by atoms with E-state index in [0.717, 1.165) is 32.3 Å². The van der Waals surface area contributed by atoms with Crippen LogP contribution in [-0.4, -0.2) is 23.8 Å². The van der Waals surface area contributed by atoms with Crippen molar-refractivity contribution < 1.29 is 4.74 Å². The number of fused-ring (bicyclic) bond motifs is 1. The molecule has 1 aromatic heterocycles. The number of para-hydroxylation sites is 1. The molecule has 0 atom stereocenters. The summed E-state index contributed by atoms with van der Waals surface area (Å²) in [4.78, 5) is 0. The van der Waals surface area contributed by atoms with Crippen LogP contribution in [0.2, 0.25) is 0 Å². The van der Waals surface area contributed by atoms with Gasteiger partial charge in [0.2, 0.25) is 0 Å². The Morgan fingerprint density at radius 1 is 1.29 bits per heavy atom. The van der Waals surface area contributed by atoms with Crippen molar-refractivity contribution >= 4 is 10.9 Å². The molecule has 1 saturated carbocycles. The first-order valence-electron chi connectivity index (χ1n) is 8.12. The minimum Gasteiger partial charge on any atom is -0.379 e. The van der Waals surface area contributed by atoms with Crippen LogP contribution in [0, 0.1) is 5.92 Å². The van der Waals surface area contributed by atoms with Gasteiger partial charge in [-0.15, -0.1) is 0 Å². The van der Waals surface area contributed by atoms with E-state index in [-0.39, 0.29) is 0 Å². The summed E-state index contributed by atoms with van der Waals surface area (Å²) in [5.41, 5.74) is 2.76. The number of ether oxygens (including phenoxy) is 1. The molecule has 0 aliphatic heterocycles. The minimum absolute atomic E-state index is 0.602. The summed E-state index contributed by atoms with van der Waals surface area (Å²) in [6.07, 6.45) is 4.85. The molecule has 0 unspecified atom stereocenters. The average molecular weight is 286 g/mol. The van der Waals surface area contributed by atoms with Gasteiger partial charge >= 0.3 is 0 Å². The highest BCUT2D eigenvalue weighted by Crippen LogP contribution is 2.23. The first-order valence-corrected chi connectivity index (χ1v) is 8.12. The molecule has 1 aliphatic carbocycles.